The van der Waals surface area contributed by atoms with Crippen LogP contribution in [0.2, 0.25) is 0 Å². The first-order valence-corrected chi connectivity index (χ1v) is 6.96. The monoisotopic (exact) mass is 292 g/mol. The SMILES string of the molecule is CCCOc1cc(NCc2cn(C)nc2C)c(N)cc1F. The molecule has 1 aromatic carbocycles. The molecule has 0 atom stereocenters. The molecule has 0 saturated carbocycles. The van der Waals surface area contributed by atoms with Gasteiger partial charge in [0, 0.05) is 37.5 Å². The van der Waals surface area contributed by atoms with Crippen molar-refractivity contribution in [3.8, 4) is 5.75 Å². The molecule has 0 radical (unpaired) electrons. The van der Waals surface area contributed by atoms with Gasteiger partial charge >= 0.3 is 0 Å². The molecule has 0 fully saturated rings. The van der Waals surface area contributed by atoms with Crippen LogP contribution in [-0.4, -0.2) is 16.4 Å². The maximum Gasteiger partial charge on any atom is 0.167 e. The fraction of sp³-hybridized carbons (Fsp3) is 0.400. The number of hydrogen-bond donors (Lipinski definition) is 2. The minimum absolute atomic E-state index is 0.219. The van der Waals surface area contributed by atoms with Crippen molar-refractivity contribution in [3.63, 3.8) is 0 Å². The zero-order valence-electron chi connectivity index (χ0n) is 12.6. The molecule has 0 aliphatic carbocycles. The first-order valence-electron chi connectivity index (χ1n) is 6.96. The van der Waals surface area contributed by atoms with E-state index >= 15 is 0 Å². The fourth-order valence-electron chi connectivity index (χ4n) is 2.06. The number of nitrogens with two attached hydrogens (primary N) is 1. The van der Waals surface area contributed by atoms with Crippen molar-refractivity contribution in [1.29, 1.82) is 0 Å². The number of nitrogen functional groups attached to an aromatic ring is 1. The lowest BCUT2D eigenvalue weighted by Crippen LogP contribution is -2.05. The van der Waals surface area contributed by atoms with Gasteiger partial charge in [0.25, 0.3) is 0 Å². The summed E-state index contributed by atoms with van der Waals surface area (Å²) in [6.45, 7) is 4.96. The van der Waals surface area contributed by atoms with Crippen LogP contribution in [0, 0.1) is 12.7 Å². The molecule has 2 aromatic rings. The molecule has 21 heavy (non-hydrogen) atoms. The molecular formula is C15H21FN4O. The van der Waals surface area contributed by atoms with Crippen LogP contribution in [0.3, 0.4) is 0 Å². The van der Waals surface area contributed by atoms with Gasteiger partial charge in [-0.3, -0.25) is 4.68 Å². The number of ether oxygens (including phenoxy) is 1. The number of nitrogens with zero attached hydrogens (tertiary/aromatic N) is 2. The highest BCUT2D eigenvalue weighted by Crippen LogP contribution is 2.28. The summed E-state index contributed by atoms with van der Waals surface area (Å²) in [6.07, 6.45) is 2.76. The minimum Gasteiger partial charge on any atom is -0.490 e. The Morgan fingerprint density at radius 2 is 2.19 bits per heavy atom. The Morgan fingerprint density at radius 3 is 2.81 bits per heavy atom. The summed E-state index contributed by atoms with van der Waals surface area (Å²) in [7, 11) is 1.87. The highest BCUT2D eigenvalue weighted by atomic mass is 19.1. The predicted octanol–water partition coefficient (Wildman–Crippen LogP) is 2.85. The smallest absolute Gasteiger partial charge is 0.167 e. The molecule has 0 spiro atoms. The molecule has 1 heterocycles. The Morgan fingerprint density at radius 1 is 1.43 bits per heavy atom. The van der Waals surface area contributed by atoms with E-state index in [1.807, 2.05) is 27.1 Å². The molecular weight excluding hydrogens is 271 g/mol. The van der Waals surface area contributed by atoms with Gasteiger partial charge in [-0.2, -0.15) is 5.10 Å². The Bertz CT molecular complexity index is 624. The van der Waals surface area contributed by atoms with Crippen LogP contribution in [0.4, 0.5) is 15.8 Å². The highest BCUT2D eigenvalue weighted by molar-refractivity contribution is 5.68. The topological polar surface area (TPSA) is 65.1 Å². The summed E-state index contributed by atoms with van der Waals surface area (Å²) in [5, 5.41) is 7.48. The molecule has 114 valence electrons. The van der Waals surface area contributed by atoms with Gasteiger partial charge in [0.1, 0.15) is 0 Å². The van der Waals surface area contributed by atoms with Gasteiger partial charge in [0.15, 0.2) is 11.6 Å². The summed E-state index contributed by atoms with van der Waals surface area (Å²) in [5.74, 6) is -0.222. The summed E-state index contributed by atoms with van der Waals surface area (Å²) in [6, 6.07) is 2.88. The summed E-state index contributed by atoms with van der Waals surface area (Å²) in [5.41, 5.74) is 8.88. The molecule has 0 bridgehead atoms. The Hall–Kier alpha value is -2.24. The molecule has 5 nitrogen and oxygen atoms in total. The number of halogens is 1. The minimum atomic E-state index is -0.441. The number of rotatable bonds is 6. The van der Waals surface area contributed by atoms with Crippen molar-refractivity contribution in [2.45, 2.75) is 26.8 Å². The van der Waals surface area contributed by atoms with Crippen LogP contribution >= 0.6 is 0 Å². The number of anilines is 2. The summed E-state index contributed by atoms with van der Waals surface area (Å²) in [4.78, 5) is 0. The lowest BCUT2D eigenvalue weighted by Gasteiger charge is -2.12. The predicted molar refractivity (Wildman–Crippen MR) is 81.9 cm³/mol. The number of benzene rings is 1. The first-order chi connectivity index (χ1) is 10.0. The van der Waals surface area contributed by atoms with E-state index in [-0.39, 0.29) is 5.75 Å². The number of aromatic nitrogens is 2. The lowest BCUT2D eigenvalue weighted by molar-refractivity contribution is 0.301. The summed E-state index contributed by atoms with van der Waals surface area (Å²) < 4.78 is 20.9. The van der Waals surface area contributed by atoms with Gasteiger partial charge < -0.3 is 15.8 Å². The third kappa shape index (κ3) is 3.65. The van der Waals surface area contributed by atoms with Crippen LogP contribution in [0.5, 0.6) is 5.75 Å². The van der Waals surface area contributed by atoms with E-state index < -0.39 is 5.82 Å². The average Bonchev–Trinajstić information content (AvgIpc) is 2.75. The second kappa shape index (κ2) is 6.47. The van der Waals surface area contributed by atoms with E-state index in [1.54, 1.807) is 10.7 Å². The second-order valence-corrected chi connectivity index (χ2v) is 4.99. The third-order valence-corrected chi connectivity index (χ3v) is 3.15. The van der Waals surface area contributed by atoms with Crippen molar-refractivity contribution in [2.75, 3.05) is 17.7 Å². The van der Waals surface area contributed by atoms with Crippen molar-refractivity contribution in [1.82, 2.24) is 9.78 Å². The third-order valence-electron chi connectivity index (χ3n) is 3.15. The van der Waals surface area contributed by atoms with Gasteiger partial charge in [-0.25, -0.2) is 4.39 Å². The molecule has 0 saturated heterocycles. The maximum absolute atomic E-state index is 13.7. The Labute approximate surface area is 123 Å². The lowest BCUT2D eigenvalue weighted by atomic mass is 10.2. The highest BCUT2D eigenvalue weighted by Gasteiger charge is 2.10. The van der Waals surface area contributed by atoms with Crippen LogP contribution in [0.15, 0.2) is 18.3 Å². The van der Waals surface area contributed by atoms with Crippen LogP contribution < -0.4 is 15.8 Å². The Kier molecular flexibility index (Phi) is 4.67. The van der Waals surface area contributed by atoms with Gasteiger partial charge in [-0.15, -0.1) is 0 Å². The largest absolute Gasteiger partial charge is 0.490 e. The number of nitrogens with one attached hydrogen (secondary N) is 1. The molecule has 0 unspecified atom stereocenters. The molecule has 3 N–H and O–H groups in total. The van der Waals surface area contributed by atoms with E-state index in [1.165, 1.54) is 6.07 Å². The van der Waals surface area contributed by atoms with Crippen molar-refractivity contribution < 1.29 is 9.13 Å². The quantitative estimate of drug-likeness (QED) is 0.804. The molecule has 1 aromatic heterocycles. The maximum atomic E-state index is 13.7. The van der Waals surface area contributed by atoms with E-state index in [9.17, 15) is 4.39 Å². The number of aryl methyl sites for hydroxylation is 2. The molecule has 0 aliphatic heterocycles. The van der Waals surface area contributed by atoms with Gasteiger partial charge in [0.05, 0.1) is 23.7 Å². The summed E-state index contributed by atoms with van der Waals surface area (Å²) >= 11 is 0. The van der Waals surface area contributed by atoms with Crippen LogP contribution in [0.25, 0.3) is 0 Å². The van der Waals surface area contributed by atoms with Gasteiger partial charge in [-0.05, 0) is 13.3 Å². The molecule has 2 rings (SSSR count). The number of hydrogen-bond acceptors (Lipinski definition) is 4. The fourth-order valence-corrected chi connectivity index (χ4v) is 2.06. The Balaban J connectivity index is 2.13. The second-order valence-electron chi connectivity index (χ2n) is 4.99. The van der Waals surface area contributed by atoms with Crippen molar-refractivity contribution in [3.05, 3.63) is 35.4 Å². The standard InChI is InChI=1S/C15H21FN4O/c1-4-5-21-15-7-14(13(17)6-12(15)16)18-8-11-9-20(3)19-10(11)2/h6-7,9,18H,4-5,8,17H2,1-3H3. The molecule has 0 amide bonds. The molecule has 0 aliphatic rings. The normalized spacial score (nSPS) is 10.7. The van der Waals surface area contributed by atoms with E-state index in [4.69, 9.17) is 10.5 Å². The zero-order valence-corrected chi connectivity index (χ0v) is 12.6. The van der Waals surface area contributed by atoms with Gasteiger partial charge in [0.2, 0.25) is 0 Å². The first kappa shape index (κ1) is 15.2. The zero-order chi connectivity index (χ0) is 15.4. The van der Waals surface area contributed by atoms with E-state index in [0.717, 1.165) is 17.7 Å². The molecule has 6 heteroatoms. The van der Waals surface area contributed by atoms with E-state index in [2.05, 4.69) is 10.4 Å². The van der Waals surface area contributed by atoms with E-state index in [0.29, 0.717) is 24.5 Å². The van der Waals surface area contributed by atoms with Gasteiger partial charge in [-0.1, -0.05) is 6.92 Å². The average molecular weight is 292 g/mol. The van der Waals surface area contributed by atoms with Crippen LogP contribution in [-0.2, 0) is 13.6 Å². The van der Waals surface area contributed by atoms with Crippen LogP contribution in [0.1, 0.15) is 24.6 Å². The van der Waals surface area contributed by atoms with Crippen molar-refractivity contribution >= 4 is 11.4 Å². The van der Waals surface area contributed by atoms with Crippen molar-refractivity contribution in [2.24, 2.45) is 7.05 Å².